The Morgan fingerprint density at radius 3 is 2.78 bits per heavy atom. The van der Waals surface area contributed by atoms with E-state index >= 15 is 0 Å². The molecule has 0 saturated heterocycles. The molecule has 0 saturated carbocycles. The lowest BCUT2D eigenvalue weighted by atomic mass is 9.95. The van der Waals surface area contributed by atoms with Crippen LogP contribution < -0.4 is 10.1 Å². The van der Waals surface area contributed by atoms with Gasteiger partial charge >= 0.3 is 5.97 Å². The van der Waals surface area contributed by atoms with Crippen LogP contribution in [0, 0.1) is 0 Å². The second-order valence-electron chi connectivity index (χ2n) is 6.47. The molecule has 6 heteroatoms. The molecule has 5 nitrogen and oxygen atoms in total. The third kappa shape index (κ3) is 4.50. The SMILES string of the molecule is CCCOc1cccc(C(=O)Nc2sc3c(c2C(=O)OCC)CCCC3)c1. The second-order valence-corrected chi connectivity index (χ2v) is 7.57. The fourth-order valence-electron chi connectivity index (χ4n) is 3.20. The van der Waals surface area contributed by atoms with Gasteiger partial charge in [-0.15, -0.1) is 11.3 Å². The van der Waals surface area contributed by atoms with Gasteiger partial charge in [-0.05, 0) is 62.8 Å². The molecule has 1 amide bonds. The Labute approximate surface area is 163 Å². The molecular weight excluding hydrogens is 362 g/mol. The third-order valence-electron chi connectivity index (χ3n) is 4.45. The Kier molecular flexibility index (Phi) is 6.50. The number of fused-ring (bicyclic) bond motifs is 1. The number of benzene rings is 1. The highest BCUT2D eigenvalue weighted by Gasteiger charge is 2.27. The normalized spacial score (nSPS) is 13.0. The van der Waals surface area contributed by atoms with Gasteiger partial charge in [0.25, 0.3) is 5.91 Å². The van der Waals surface area contributed by atoms with E-state index in [1.807, 2.05) is 13.0 Å². The van der Waals surface area contributed by atoms with Gasteiger partial charge in [0, 0.05) is 10.4 Å². The monoisotopic (exact) mass is 387 g/mol. The number of carbonyl (C=O) groups excluding carboxylic acids is 2. The number of carbonyl (C=O) groups is 2. The van der Waals surface area contributed by atoms with Crippen LogP contribution in [0.15, 0.2) is 24.3 Å². The summed E-state index contributed by atoms with van der Waals surface area (Å²) in [6.45, 7) is 4.74. The van der Waals surface area contributed by atoms with Gasteiger partial charge in [-0.25, -0.2) is 4.79 Å². The van der Waals surface area contributed by atoms with Crippen molar-refractivity contribution >= 4 is 28.2 Å². The molecule has 144 valence electrons. The number of hydrogen-bond acceptors (Lipinski definition) is 5. The zero-order valence-electron chi connectivity index (χ0n) is 15.8. The first-order valence-corrected chi connectivity index (χ1v) is 10.3. The molecule has 3 rings (SSSR count). The van der Waals surface area contributed by atoms with Gasteiger partial charge in [-0.2, -0.15) is 0 Å². The van der Waals surface area contributed by atoms with E-state index in [9.17, 15) is 9.59 Å². The average molecular weight is 388 g/mol. The number of hydrogen-bond donors (Lipinski definition) is 1. The summed E-state index contributed by atoms with van der Waals surface area (Å²) in [6, 6.07) is 7.10. The van der Waals surface area contributed by atoms with Crippen molar-refractivity contribution in [3.8, 4) is 5.75 Å². The predicted octanol–water partition coefficient (Wildman–Crippen LogP) is 4.84. The van der Waals surface area contributed by atoms with Crippen molar-refractivity contribution < 1.29 is 19.1 Å². The second kappa shape index (κ2) is 9.04. The molecule has 0 spiro atoms. The lowest BCUT2D eigenvalue weighted by Crippen LogP contribution is -2.16. The topological polar surface area (TPSA) is 64.6 Å². The first-order valence-electron chi connectivity index (χ1n) is 9.49. The van der Waals surface area contributed by atoms with Crippen molar-refractivity contribution in [2.45, 2.75) is 46.0 Å². The first-order chi connectivity index (χ1) is 13.1. The van der Waals surface area contributed by atoms with E-state index < -0.39 is 0 Å². The molecule has 0 fully saturated rings. The van der Waals surface area contributed by atoms with Crippen molar-refractivity contribution in [3.05, 3.63) is 45.8 Å². The standard InChI is InChI=1S/C21H25NO4S/c1-3-12-26-15-9-7-8-14(13-15)19(23)22-20-18(21(24)25-4-2)16-10-5-6-11-17(16)27-20/h7-9,13H,3-6,10-12H2,1-2H3,(H,22,23). The van der Waals surface area contributed by atoms with Crippen LogP contribution in [-0.4, -0.2) is 25.1 Å². The molecule has 0 bridgehead atoms. The lowest BCUT2D eigenvalue weighted by molar-refractivity contribution is 0.0526. The molecule has 0 aliphatic heterocycles. The smallest absolute Gasteiger partial charge is 0.341 e. The summed E-state index contributed by atoms with van der Waals surface area (Å²) in [5.74, 6) is 0.0638. The van der Waals surface area contributed by atoms with Gasteiger partial charge in [0.2, 0.25) is 0 Å². The molecule has 2 aromatic rings. The molecule has 1 aromatic heterocycles. The van der Waals surface area contributed by atoms with Gasteiger partial charge in [-0.1, -0.05) is 13.0 Å². The predicted molar refractivity (Wildman–Crippen MR) is 107 cm³/mol. The molecule has 1 N–H and O–H groups in total. The summed E-state index contributed by atoms with van der Waals surface area (Å²) in [5.41, 5.74) is 2.08. The summed E-state index contributed by atoms with van der Waals surface area (Å²) in [5, 5.41) is 3.52. The highest BCUT2D eigenvalue weighted by atomic mass is 32.1. The van der Waals surface area contributed by atoms with E-state index in [2.05, 4.69) is 5.32 Å². The number of amides is 1. The summed E-state index contributed by atoms with van der Waals surface area (Å²) >= 11 is 1.49. The van der Waals surface area contributed by atoms with Crippen LogP contribution in [0.25, 0.3) is 0 Å². The van der Waals surface area contributed by atoms with Crippen molar-refractivity contribution in [1.29, 1.82) is 0 Å². The van der Waals surface area contributed by atoms with Crippen LogP contribution in [0.4, 0.5) is 5.00 Å². The Morgan fingerprint density at radius 1 is 1.19 bits per heavy atom. The summed E-state index contributed by atoms with van der Waals surface area (Å²) in [7, 11) is 0. The summed E-state index contributed by atoms with van der Waals surface area (Å²) in [6.07, 6.45) is 4.87. The Hall–Kier alpha value is -2.34. The maximum absolute atomic E-state index is 12.8. The molecule has 1 aliphatic carbocycles. The summed E-state index contributed by atoms with van der Waals surface area (Å²) < 4.78 is 10.8. The van der Waals surface area contributed by atoms with Crippen molar-refractivity contribution in [2.24, 2.45) is 0 Å². The quantitative estimate of drug-likeness (QED) is 0.690. The van der Waals surface area contributed by atoms with Gasteiger partial charge in [0.1, 0.15) is 10.8 Å². The van der Waals surface area contributed by atoms with Crippen LogP contribution in [0.5, 0.6) is 5.75 Å². The fourth-order valence-corrected chi connectivity index (χ4v) is 4.47. The van der Waals surface area contributed by atoms with Crippen molar-refractivity contribution in [3.63, 3.8) is 0 Å². The van der Waals surface area contributed by atoms with Crippen molar-refractivity contribution in [1.82, 2.24) is 0 Å². The number of thiophene rings is 1. The molecule has 27 heavy (non-hydrogen) atoms. The van der Waals surface area contributed by atoms with E-state index in [4.69, 9.17) is 9.47 Å². The Bertz CT molecular complexity index is 828. The van der Waals surface area contributed by atoms with E-state index in [0.717, 1.165) is 37.7 Å². The van der Waals surface area contributed by atoms with Gasteiger partial charge in [0.05, 0.1) is 18.8 Å². The maximum Gasteiger partial charge on any atom is 0.341 e. The Balaban J connectivity index is 1.85. The average Bonchev–Trinajstić information content (AvgIpc) is 3.04. The third-order valence-corrected chi connectivity index (χ3v) is 5.65. The minimum atomic E-state index is -0.354. The Morgan fingerprint density at radius 2 is 2.00 bits per heavy atom. The van der Waals surface area contributed by atoms with Crippen LogP contribution in [-0.2, 0) is 17.6 Å². The van der Waals surface area contributed by atoms with Gasteiger partial charge in [-0.3, -0.25) is 4.79 Å². The van der Waals surface area contributed by atoms with Crippen LogP contribution in [0.3, 0.4) is 0 Å². The largest absolute Gasteiger partial charge is 0.494 e. The molecular formula is C21H25NO4S. The van der Waals surface area contributed by atoms with E-state index in [-0.39, 0.29) is 11.9 Å². The van der Waals surface area contributed by atoms with Crippen molar-refractivity contribution in [2.75, 3.05) is 18.5 Å². The van der Waals surface area contributed by atoms with Crippen LogP contribution >= 0.6 is 11.3 Å². The molecule has 0 radical (unpaired) electrons. The van der Waals surface area contributed by atoms with Gasteiger partial charge in [0.15, 0.2) is 0 Å². The minimum absolute atomic E-state index is 0.249. The van der Waals surface area contributed by atoms with Gasteiger partial charge < -0.3 is 14.8 Å². The van der Waals surface area contributed by atoms with E-state index in [0.29, 0.717) is 35.1 Å². The van der Waals surface area contributed by atoms with E-state index in [1.54, 1.807) is 25.1 Å². The lowest BCUT2D eigenvalue weighted by Gasteiger charge is -2.12. The molecule has 1 aromatic carbocycles. The van der Waals surface area contributed by atoms with Crippen LogP contribution in [0.1, 0.15) is 64.3 Å². The molecule has 0 atom stereocenters. The number of ether oxygens (including phenoxy) is 2. The summed E-state index contributed by atoms with van der Waals surface area (Å²) in [4.78, 5) is 26.5. The molecule has 1 heterocycles. The van der Waals surface area contributed by atoms with E-state index in [1.165, 1.54) is 16.2 Å². The number of rotatable bonds is 7. The number of aryl methyl sites for hydroxylation is 1. The highest BCUT2D eigenvalue weighted by Crippen LogP contribution is 2.38. The number of nitrogens with one attached hydrogen (secondary N) is 1. The minimum Gasteiger partial charge on any atom is -0.494 e. The maximum atomic E-state index is 12.8. The van der Waals surface area contributed by atoms with Crippen LogP contribution in [0.2, 0.25) is 0 Å². The fraction of sp³-hybridized carbons (Fsp3) is 0.429. The molecule has 1 aliphatic rings. The highest BCUT2D eigenvalue weighted by molar-refractivity contribution is 7.17. The molecule has 0 unspecified atom stereocenters. The zero-order chi connectivity index (χ0) is 19.2. The zero-order valence-corrected chi connectivity index (χ0v) is 16.6. The first kappa shape index (κ1) is 19.4. The number of esters is 1. The number of anilines is 1.